The topological polar surface area (TPSA) is 77.1 Å². The number of urea groups is 1. The lowest BCUT2D eigenvalue weighted by Gasteiger charge is -2.34. The maximum Gasteiger partial charge on any atom is 0.338 e. The molecule has 158 valence electrons. The Morgan fingerprint density at radius 1 is 1.20 bits per heavy atom. The summed E-state index contributed by atoms with van der Waals surface area (Å²) in [6.45, 7) is 1.88. The van der Waals surface area contributed by atoms with E-state index >= 15 is 0 Å². The first-order chi connectivity index (χ1) is 14.5. The molecule has 2 aromatic carbocycles. The number of carbonyl (C=O) groups is 2. The Kier molecular flexibility index (Phi) is 6.84. The quantitative estimate of drug-likeness (QED) is 0.673. The van der Waals surface area contributed by atoms with Crippen LogP contribution >= 0.6 is 11.6 Å². The lowest BCUT2D eigenvalue weighted by molar-refractivity contribution is -0.139. The number of halogens is 1. The van der Waals surface area contributed by atoms with Gasteiger partial charge in [-0.05, 0) is 36.8 Å². The summed E-state index contributed by atoms with van der Waals surface area (Å²) < 4.78 is 16.4. The maximum absolute atomic E-state index is 12.9. The minimum Gasteiger partial charge on any atom is -0.497 e. The van der Waals surface area contributed by atoms with Crippen molar-refractivity contribution in [1.29, 1.82) is 0 Å². The van der Waals surface area contributed by atoms with Crippen molar-refractivity contribution in [2.24, 2.45) is 0 Å². The molecule has 2 aromatic rings. The highest BCUT2D eigenvalue weighted by molar-refractivity contribution is 6.32. The molecule has 1 aliphatic heterocycles. The Morgan fingerprint density at radius 3 is 2.67 bits per heavy atom. The summed E-state index contributed by atoms with van der Waals surface area (Å²) in [5, 5.41) is 3.29. The number of ether oxygens (including phenoxy) is 3. The molecular weight excluding hydrogens is 408 g/mol. The molecule has 7 nitrogen and oxygen atoms in total. The number of carbonyl (C=O) groups excluding carboxylic acids is 2. The van der Waals surface area contributed by atoms with Crippen molar-refractivity contribution in [1.82, 2.24) is 10.2 Å². The lowest BCUT2D eigenvalue weighted by Crippen LogP contribution is -2.48. The van der Waals surface area contributed by atoms with E-state index in [9.17, 15) is 9.59 Å². The van der Waals surface area contributed by atoms with Crippen molar-refractivity contribution >= 4 is 23.6 Å². The summed E-state index contributed by atoms with van der Waals surface area (Å²) in [4.78, 5) is 26.9. The van der Waals surface area contributed by atoms with Crippen molar-refractivity contribution in [2.45, 2.75) is 13.0 Å². The molecule has 1 N–H and O–H groups in total. The minimum atomic E-state index is -0.715. The van der Waals surface area contributed by atoms with Gasteiger partial charge in [-0.15, -0.1) is 0 Å². The number of nitrogens with one attached hydrogen (secondary N) is 1. The molecular formula is C22H23ClN2O5. The summed E-state index contributed by atoms with van der Waals surface area (Å²) in [5.41, 5.74) is 1.37. The minimum absolute atomic E-state index is 0.0394. The molecule has 2 amide bonds. The summed E-state index contributed by atoms with van der Waals surface area (Å²) in [7, 11) is 3.12. The van der Waals surface area contributed by atoms with E-state index in [1.165, 1.54) is 4.90 Å². The summed E-state index contributed by atoms with van der Waals surface area (Å²) in [6, 6.07) is 13.1. The molecule has 0 aromatic heterocycles. The number of methoxy groups -OCH3 is 1. The van der Waals surface area contributed by atoms with Gasteiger partial charge in [0.2, 0.25) is 0 Å². The van der Waals surface area contributed by atoms with E-state index in [0.717, 1.165) is 0 Å². The Labute approximate surface area is 180 Å². The number of nitrogens with zero attached hydrogens (tertiary/aromatic N) is 1. The van der Waals surface area contributed by atoms with Crippen LogP contribution in [0.4, 0.5) is 4.79 Å². The molecule has 0 radical (unpaired) electrons. The van der Waals surface area contributed by atoms with Crippen LogP contribution < -0.4 is 14.8 Å². The Bertz CT molecular complexity index is 976. The number of rotatable bonds is 7. The Morgan fingerprint density at radius 2 is 1.97 bits per heavy atom. The van der Waals surface area contributed by atoms with Gasteiger partial charge in [0.25, 0.3) is 0 Å². The van der Waals surface area contributed by atoms with Crippen molar-refractivity contribution in [2.75, 3.05) is 27.4 Å². The smallest absolute Gasteiger partial charge is 0.338 e. The highest BCUT2D eigenvalue weighted by atomic mass is 35.5. The molecule has 30 heavy (non-hydrogen) atoms. The lowest BCUT2D eigenvalue weighted by atomic mass is 9.94. The van der Waals surface area contributed by atoms with Gasteiger partial charge in [0.15, 0.2) is 0 Å². The van der Waals surface area contributed by atoms with E-state index in [1.54, 1.807) is 63.5 Å². The van der Waals surface area contributed by atoms with E-state index in [1.807, 2.05) is 6.07 Å². The zero-order valence-electron chi connectivity index (χ0n) is 17.0. The molecule has 1 atom stereocenters. The van der Waals surface area contributed by atoms with Gasteiger partial charge in [0.1, 0.15) is 18.1 Å². The number of hydrogen-bond acceptors (Lipinski definition) is 5. The predicted molar refractivity (Wildman–Crippen MR) is 113 cm³/mol. The number of benzene rings is 2. The van der Waals surface area contributed by atoms with Crippen molar-refractivity contribution in [3.8, 4) is 11.5 Å². The summed E-state index contributed by atoms with van der Waals surface area (Å²) in [5.74, 6) is 0.528. The summed E-state index contributed by atoms with van der Waals surface area (Å²) >= 11 is 6.17. The third-order valence-electron chi connectivity index (χ3n) is 4.70. The Hall–Kier alpha value is -3.19. The van der Waals surface area contributed by atoms with Gasteiger partial charge >= 0.3 is 12.0 Å². The average Bonchev–Trinajstić information content (AvgIpc) is 2.75. The van der Waals surface area contributed by atoms with Crippen LogP contribution in [0.15, 0.2) is 59.8 Å². The molecule has 1 aliphatic rings. The van der Waals surface area contributed by atoms with E-state index in [0.29, 0.717) is 33.4 Å². The van der Waals surface area contributed by atoms with Crippen molar-refractivity contribution in [3.63, 3.8) is 0 Å². The monoisotopic (exact) mass is 430 g/mol. The van der Waals surface area contributed by atoms with Crippen LogP contribution in [0.1, 0.15) is 18.5 Å². The molecule has 1 heterocycles. The number of amides is 2. The van der Waals surface area contributed by atoms with E-state index in [2.05, 4.69) is 5.32 Å². The maximum atomic E-state index is 12.9. The first kappa shape index (κ1) is 21.5. The van der Waals surface area contributed by atoms with Crippen molar-refractivity contribution in [3.05, 3.63) is 70.4 Å². The number of hydrogen-bond donors (Lipinski definition) is 1. The van der Waals surface area contributed by atoms with Gasteiger partial charge in [-0.1, -0.05) is 35.9 Å². The second-order valence-electron chi connectivity index (χ2n) is 6.52. The number of esters is 1. The van der Waals surface area contributed by atoms with Crippen LogP contribution in [0.5, 0.6) is 11.5 Å². The highest BCUT2D eigenvalue weighted by Crippen LogP contribution is 2.33. The summed E-state index contributed by atoms with van der Waals surface area (Å²) in [6.07, 6.45) is 0. The third kappa shape index (κ3) is 4.52. The fourth-order valence-corrected chi connectivity index (χ4v) is 3.35. The standard InChI is InChI=1S/C22H23ClN2O5/c1-4-29-21(26)19-17(13-30-18-11-6-5-10-16(18)23)25(2)22(27)24-20(19)14-8-7-9-15(12-14)28-3/h5-12,20H,4,13H2,1-3H3,(H,24,27)/t20-/m1/s1. The Balaban J connectivity index is 2.05. The molecule has 0 unspecified atom stereocenters. The SMILES string of the molecule is CCOC(=O)C1=C(COc2ccccc2Cl)N(C)C(=O)N[C@@H]1c1cccc(OC)c1. The molecule has 0 spiro atoms. The molecule has 0 saturated heterocycles. The molecule has 0 bridgehead atoms. The van der Waals surface area contributed by atoms with Crippen LogP contribution in [0.3, 0.4) is 0 Å². The van der Waals surface area contributed by atoms with Gasteiger partial charge in [0, 0.05) is 7.05 Å². The first-order valence-corrected chi connectivity index (χ1v) is 9.79. The molecule has 0 saturated carbocycles. The van der Waals surface area contributed by atoms with Gasteiger partial charge < -0.3 is 19.5 Å². The fraction of sp³-hybridized carbons (Fsp3) is 0.273. The molecule has 0 fully saturated rings. The first-order valence-electron chi connectivity index (χ1n) is 9.42. The number of likely N-dealkylation sites (N-methyl/N-ethyl adjacent to an activating group) is 1. The van der Waals surface area contributed by atoms with Gasteiger partial charge in [0.05, 0.1) is 36.1 Å². The van der Waals surface area contributed by atoms with Crippen LogP contribution in [-0.2, 0) is 9.53 Å². The largest absolute Gasteiger partial charge is 0.497 e. The van der Waals surface area contributed by atoms with Crippen LogP contribution in [0.25, 0.3) is 0 Å². The van der Waals surface area contributed by atoms with Crippen LogP contribution in [0, 0.1) is 0 Å². The molecule has 3 rings (SSSR count). The van der Waals surface area contributed by atoms with E-state index in [4.69, 9.17) is 25.8 Å². The van der Waals surface area contributed by atoms with Crippen LogP contribution in [-0.4, -0.2) is 44.3 Å². The van der Waals surface area contributed by atoms with Gasteiger partial charge in [-0.25, -0.2) is 9.59 Å². The normalized spacial score (nSPS) is 16.2. The highest BCUT2D eigenvalue weighted by Gasteiger charge is 2.37. The van der Waals surface area contributed by atoms with Crippen LogP contribution in [0.2, 0.25) is 5.02 Å². The molecule has 0 aliphatic carbocycles. The zero-order valence-corrected chi connectivity index (χ0v) is 17.7. The zero-order chi connectivity index (χ0) is 21.7. The second-order valence-corrected chi connectivity index (χ2v) is 6.93. The van der Waals surface area contributed by atoms with Gasteiger partial charge in [-0.3, -0.25) is 4.90 Å². The molecule has 8 heteroatoms. The second kappa shape index (κ2) is 9.54. The predicted octanol–water partition coefficient (Wildman–Crippen LogP) is 3.94. The fourth-order valence-electron chi connectivity index (χ4n) is 3.16. The van der Waals surface area contributed by atoms with E-state index < -0.39 is 12.0 Å². The number of para-hydroxylation sites is 1. The third-order valence-corrected chi connectivity index (χ3v) is 5.01. The average molecular weight is 431 g/mol. The van der Waals surface area contributed by atoms with Gasteiger partial charge in [-0.2, -0.15) is 0 Å². The van der Waals surface area contributed by atoms with E-state index in [-0.39, 0.29) is 19.2 Å². The van der Waals surface area contributed by atoms with Crippen molar-refractivity contribution < 1.29 is 23.8 Å².